The highest BCUT2D eigenvalue weighted by Gasteiger charge is 2.35. The Bertz CT molecular complexity index is 915. The van der Waals surface area contributed by atoms with Gasteiger partial charge >= 0.3 is 0 Å². The highest BCUT2D eigenvalue weighted by Crippen LogP contribution is 2.45. The topological polar surface area (TPSA) is 19.0 Å². The number of aryl methyl sites for hydroxylation is 2. The van der Waals surface area contributed by atoms with Crippen LogP contribution in [0.1, 0.15) is 35.1 Å². The highest BCUT2D eigenvalue weighted by molar-refractivity contribution is 6.32. The van der Waals surface area contributed by atoms with Gasteiger partial charge in [-0.3, -0.25) is 0 Å². The lowest BCUT2D eigenvalue weighted by molar-refractivity contribution is 0.521. The second-order valence-electron chi connectivity index (χ2n) is 6.55. The Labute approximate surface area is 146 Å². The van der Waals surface area contributed by atoms with E-state index in [-0.39, 0.29) is 17.8 Å². The fraction of sp³-hybridized carbons (Fsp3) is 0.300. The molecule has 2 aromatic carbocycles. The lowest BCUT2D eigenvalue weighted by Gasteiger charge is -2.21. The van der Waals surface area contributed by atoms with Crippen molar-refractivity contribution in [3.63, 3.8) is 0 Å². The predicted octanol–water partition coefficient (Wildman–Crippen LogP) is 5.11. The molecular formula is C20H19ClFN2. The van der Waals surface area contributed by atoms with Crippen LogP contribution in [-0.2, 0) is 7.05 Å². The van der Waals surface area contributed by atoms with Crippen LogP contribution >= 0.6 is 11.6 Å². The third kappa shape index (κ3) is 2.35. The van der Waals surface area contributed by atoms with E-state index in [4.69, 9.17) is 16.9 Å². The van der Waals surface area contributed by atoms with Crippen LogP contribution in [0.15, 0.2) is 42.6 Å². The maximum absolute atomic E-state index is 14.5. The molecule has 2 heterocycles. The van der Waals surface area contributed by atoms with Crippen molar-refractivity contribution >= 4 is 22.5 Å². The minimum atomic E-state index is -0.258. The van der Waals surface area contributed by atoms with Gasteiger partial charge in [-0.25, -0.2) is 9.71 Å². The summed E-state index contributed by atoms with van der Waals surface area (Å²) in [5.41, 5.74) is 3.87. The number of nitrogens with zero attached hydrogens (tertiary/aromatic N) is 2. The summed E-state index contributed by atoms with van der Waals surface area (Å²) in [5.74, 6) is -0.101. The summed E-state index contributed by atoms with van der Waals surface area (Å²) >= 11 is 6.45. The van der Waals surface area contributed by atoms with Crippen LogP contribution < -0.4 is 5.32 Å². The average Bonchev–Trinajstić information content (AvgIpc) is 3.17. The van der Waals surface area contributed by atoms with Gasteiger partial charge in [0.25, 0.3) is 0 Å². The Morgan fingerprint density at radius 1 is 1.21 bits per heavy atom. The van der Waals surface area contributed by atoms with Crippen molar-refractivity contribution in [3.05, 3.63) is 70.1 Å². The summed E-state index contributed by atoms with van der Waals surface area (Å²) in [4.78, 5) is 0. The largest absolute Gasteiger partial charge is 0.350 e. The molecule has 2 unspecified atom stereocenters. The Balaban J connectivity index is 1.85. The van der Waals surface area contributed by atoms with Gasteiger partial charge in [0.15, 0.2) is 0 Å². The molecule has 1 aromatic heterocycles. The summed E-state index contributed by atoms with van der Waals surface area (Å²) in [5, 5.41) is 6.44. The molecule has 1 saturated heterocycles. The van der Waals surface area contributed by atoms with Gasteiger partial charge in [0.05, 0.1) is 11.1 Å². The van der Waals surface area contributed by atoms with Crippen molar-refractivity contribution < 1.29 is 4.39 Å². The van der Waals surface area contributed by atoms with Gasteiger partial charge < -0.3 is 4.57 Å². The minimum absolute atomic E-state index is 0.157. The highest BCUT2D eigenvalue weighted by atomic mass is 35.5. The Kier molecular flexibility index (Phi) is 3.86. The summed E-state index contributed by atoms with van der Waals surface area (Å²) in [6, 6.07) is 11.3. The number of aromatic nitrogens is 1. The molecule has 2 nitrogen and oxygen atoms in total. The molecule has 1 radical (unpaired) electrons. The van der Waals surface area contributed by atoms with Gasteiger partial charge in [-0.05, 0) is 36.6 Å². The number of para-hydroxylation sites is 1. The molecule has 0 spiro atoms. The first-order chi connectivity index (χ1) is 11.6. The van der Waals surface area contributed by atoms with Crippen molar-refractivity contribution in [2.75, 3.05) is 6.54 Å². The number of halogens is 2. The van der Waals surface area contributed by atoms with Gasteiger partial charge in [-0.2, -0.15) is 0 Å². The van der Waals surface area contributed by atoms with Crippen molar-refractivity contribution in [2.45, 2.75) is 25.3 Å². The molecule has 123 valence electrons. The first-order valence-corrected chi connectivity index (χ1v) is 8.61. The molecule has 1 aliphatic heterocycles. The van der Waals surface area contributed by atoms with Crippen LogP contribution in [-0.4, -0.2) is 11.1 Å². The molecule has 4 heteroatoms. The number of benzene rings is 2. The maximum atomic E-state index is 14.5. The molecule has 2 atom stereocenters. The quantitative estimate of drug-likeness (QED) is 0.616. The van der Waals surface area contributed by atoms with Gasteiger partial charge in [0.2, 0.25) is 0 Å². The summed E-state index contributed by atoms with van der Waals surface area (Å²) < 4.78 is 16.7. The van der Waals surface area contributed by atoms with Gasteiger partial charge in [-0.15, -0.1) is 0 Å². The molecule has 1 fully saturated rings. The predicted molar refractivity (Wildman–Crippen MR) is 96.2 cm³/mol. The van der Waals surface area contributed by atoms with Gasteiger partial charge in [-0.1, -0.05) is 35.9 Å². The molecule has 0 bridgehead atoms. The zero-order valence-electron chi connectivity index (χ0n) is 13.8. The first-order valence-electron chi connectivity index (χ1n) is 8.23. The number of hydrogen-bond donors (Lipinski definition) is 0. The van der Waals surface area contributed by atoms with Crippen molar-refractivity contribution in [3.8, 4) is 0 Å². The lowest BCUT2D eigenvalue weighted by atomic mass is 9.87. The van der Waals surface area contributed by atoms with E-state index in [0.29, 0.717) is 10.6 Å². The molecule has 24 heavy (non-hydrogen) atoms. The maximum Gasteiger partial charge on any atom is 0.129 e. The van der Waals surface area contributed by atoms with E-state index in [1.54, 1.807) is 6.07 Å². The van der Waals surface area contributed by atoms with E-state index < -0.39 is 0 Å². The second-order valence-corrected chi connectivity index (χ2v) is 6.93. The van der Waals surface area contributed by atoms with E-state index in [2.05, 4.69) is 22.9 Å². The zero-order valence-corrected chi connectivity index (χ0v) is 14.5. The summed E-state index contributed by atoms with van der Waals surface area (Å²) in [7, 11) is 2.05. The number of rotatable bonds is 2. The molecule has 3 aromatic rings. The zero-order chi connectivity index (χ0) is 16.8. The molecule has 1 aliphatic rings. The van der Waals surface area contributed by atoms with Crippen LogP contribution in [0.4, 0.5) is 4.39 Å². The van der Waals surface area contributed by atoms with E-state index in [1.165, 1.54) is 22.5 Å². The Morgan fingerprint density at radius 2 is 2.00 bits per heavy atom. The first kappa shape index (κ1) is 15.7. The molecule has 0 saturated carbocycles. The molecule has 4 rings (SSSR count). The second kappa shape index (κ2) is 5.91. The van der Waals surface area contributed by atoms with Gasteiger partial charge in [0, 0.05) is 42.2 Å². The normalized spacial score (nSPS) is 20.8. The summed E-state index contributed by atoms with van der Waals surface area (Å²) in [6.45, 7) is 2.65. The van der Waals surface area contributed by atoms with Crippen molar-refractivity contribution in [1.82, 2.24) is 9.88 Å². The number of hydrogen-bond acceptors (Lipinski definition) is 0. The van der Waals surface area contributed by atoms with Crippen LogP contribution in [0.3, 0.4) is 0 Å². The smallest absolute Gasteiger partial charge is 0.129 e. The average molecular weight is 342 g/mol. The fourth-order valence-electron chi connectivity index (χ4n) is 3.87. The standard InChI is InChI=1S/C20H19ClFN2/c1-12-7-8-16(22)18(19(12)21)20-14(9-10-23-20)15-11-24(2)17-6-4-3-5-13(15)17/h3-8,11,14,20H,9-10H2,1-2H3. The Hall–Kier alpha value is -1.84. The lowest BCUT2D eigenvalue weighted by Crippen LogP contribution is -2.14. The van der Waals surface area contributed by atoms with Crippen molar-refractivity contribution in [2.24, 2.45) is 7.05 Å². The van der Waals surface area contributed by atoms with Crippen molar-refractivity contribution in [1.29, 1.82) is 0 Å². The molecular weight excluding hydrogens is 323 g/mol. The van der Waals surface area contributed by atoms with E-state index >= 15 is 0 Å². The summed E-state index contributed by atoms with van der Waals surface area (Å²) in [6.07, 6.45) is 3.08. The fourth-order valence-corrected chi connectivity index (χ4v) is 4.14. The van der Waals surface area contributed by atoms with Gasteiger partial charge in [0.1, 0.15) is 5.82 Å². The third-order valence-corrected chi connectivity index (χ3v) is 5.59. The minimum Gasteiger partial charge on any atom is -0.350 e. The molecule has 0 aliphatic carbocycles. The van der Waals surface area contributed by atoms with Crippen LogP contribution in [0.2, 0.25) is 5.02 Å². The third-order valence-electron chi connectivity index (χ3n) is 5.09. The van der Waals surface area contributed by atoms with E-state index in [0.717, 1.165) is 18.5 Å². The van der Waals surface area contributed by atoms with E-state index in [9.17, 15) is 4.39 Å². The monoisotopic (exact) mass is 341 g/mol. The van der Waals surface area contributed by atoms with Crippen LogP contribution in [0.5, 0.6) is 0 Å². The van der Waals surface area contributed by atoms with Crippen LogP contribution in [0.25, 0.3) is 10.9 Å². The van der Waals surface area contributed by atoms with E-state index in [1.807, 2.05) is 26.1 Å². The van der Waals surface area contributed by atoms with Crippen LogP contribution in [0, 0.1) is 12.7 Å². The molecule has 0 amide bonds. The number of fused-ring (bicyclic) bond motifs is 1. The molecule has 0 N–H and O–H groups in total. The Morgan fingerprint density at radius 3 is 2.83 bits per heavy atom. The SMILES string of the molecule is Cc1ccc(F)c(C2[N]CCC2c2cn(C)c3ccccc23)c1Cl.